The number of anilines is 4. The summed E-state index contributed by atoms with van der Waals surface area (Å²) in [4.78, 5) is 11.6. The fraction of sp³-hybridized carbons (Fsp3) is 0.318. The molecule has 144 valence electrons. The van der Waals surface area contributed by atoms with Crippen molar-refractivity contribution in [3.8, 4) is 0 Å². The Balaban J connectivity index is 1.48. The van der Waals surface area contributed by atoms with E-state index >= 15 is 0 Å². The van der Waals surface area contributed by atoms with E-state index in [1.54, 1.807) is 6.20 Å². The van der Waals surface area contributed by atoms with Crippen LogP contribution in [0.5, 0.6) is 0 Å². The topological polar surface area (TPSA) is 48.4 Å². The fourth-order valence-electron chi connectivity index (χ4n) is 3.62. The van der Waals surface area contributed by atoms with Gasteiger partial charge in [0.2, 0.25) is 0 Å². The van der Waals surface area contributed by atoms with Crippen LogP contribution in [0.4, 0.5) is 23.1 Å². The van der Waals surface area contributed by atoms with E-state index in [1.165, 1.54) is 11.3 Å². The van der Waals surface area contributed by atoms with Gasteiger partial charge in [0, 0.05) is 44.1 Å². The number of aromatic nitrogens is 3. The molecule has 1 fully saturated rings. The Morgan fingerprint density at radius 1 is 0.929 bits per heavy atom. The van der Waals surface area contributed by atoms with Gasteiger partial charge in [0.25, 0.3) is 5.95 Å². The van der Waals surface area contributed by atoms with Crippen LogP contribution < -0.4 is 14.7 Å². The van der Waals surface area contributed by atoms with Gasteiger partial charge in [-0.05, 0) is 43.7 Å². The Morgan fingerprint density at radius 3 is 2.39 bits per heavy atom. The zero-order valence-electron chi connectivity index (χ0n) is 16.5. The Kier molecular flexibility index (Phi) is 5.37. The number of aryl methyl sites for hydroxylation is 1. The zero-order valence-corrected chi connectivity index (χ0v) is 16.5. The average molecular weight is 374 g/mol. The number of para-hydroxylation sites is 1. The lowest BCUT2D eigenvalue weighted by Crippen LogP contribution is -2.47. The quantitative estimate of drug-likeness (QED) is 0.679. The van der Waals surface area contributed by atoms with E-state index in [2.05, 4.69) is 75.1 Å². The molecule has 0 spiro atoms. The molecule has 1 aliphatic rings. The molecule has 0 saturated carbocycles. The summed E-state index contributed by atoms with van der Waals surface area (Å²) in [7, 11) is 0. The highest BCUT2D eigenvalue weighted by Gasteiger charge is 2.20. The Bertz CT molecular complexity index is 906. The molecule has 0 atom stereocenters. The normalized spacial score (nSPS) is 14.2. The SMILES string of the molecule is CCN(c1ccccc1)c1nncc(N2CCN(c3cccc(C)c3)CC2)n1. The molecule has 0 N–H and O–H groups in total. The van der Waals surface area contributed by atoms with E-state index in [0.29, 0.717) is 5.95 Å². The second-order valence-electron chi connectivity index (χ2n) is 7.01. The molecule has 0 bridgehead atoms. The van der Waals surface area contributed by atoms with Crippen molar-refractivity contribution in [3.05, 3.63) is 66.4 Å². The predicted molar refractivity (Wildman–Crippen MR) is 115 cm³/mol. The summed E-state index contributed by atoms with van der Waals surface area (Å²) in [6.45, 7) is 8.81. The third-order valence-electron chi connectivity index (χ3n) is 5.13. The van der Waals surface area contributed by atoms with Crippen LogP contribution in [0.25, 0.3) is 0 Å². The number of nitrogens with zero attached hydrogens (tertiary/aromatic N) is 6. The second-order valence-corrected chi connectivity index (χ2v) is 7.01. The number of rotatable bonds is 5. The third kappa shape index (κ3) is 3.91. The van der Waals surface area contributed by atoms with Crippen molar-refractivity contribution in [2.24, 2.45) is 0 Å². The Labute approximate surface area is 166 Å². The monoisotopic (exact) mass is 374 g/mol. The summed E-state index contributed by atoms with van der Waals surface area (Å²) < 4.78 is 0. The minimum absolute atomic E-state index is 0.646. The molecule has 4 rings (SSSR count). The van der Waals surface area contributed by atoms with E-state index in [1.807, 2.05) is 18.2 Å². The molecule has 3 aromatic rings. The van der Waals surface area contributed by atoms with Crippen molar-refractivity contribution in [2.75, 3.05) is 47.4 Å². The van der Waals surface area contributed by atoms with Gasteiger partial charge in [-0.25, -0.2) is 0 Å². The third-order valence-corrected chi connectivity index (χ3v) is 5.13. The first kappa shape index (κ1) is 18.2. The van der Waals surface area contributed by atoms with Crippen LogP contribution in [-0.4, -0.2) is 47.9 Å². The van der Waals surface area contributed by atoms with Crippen LogP contribution in [0.3, 0.4) is 0 Å². The molecule has 6 nitrogen and oxygen atoms in total. The molecule has 1 aromatic heterocycles. The molecule has 6 heteroatoms. The average Bonchev–Trinajstić information content (AvgIpc) is 2.75. The van der Waals surface area contributed by atoms with Gasteiger partial charge < -0.3 is 14.7 Å². The van der Waals surface area contributed by atoms with Crippen LogP contribution >= 0.6 is 0 Å². The first-order chi connectivity index (χ1) is 13.7. The summed E-state index contributed by atoms with van der Waals surface area (Å²) in [5, 5.41) is 8.52. The highest BCUT2D eigenvalue weighted by molar-refractivity contribution is 5.58. The van der Waals surface area contributed by atoms with Gasteiger partial charge in [-0.1, -0.05) is 30.3 Å². The molecule has 28 heavy (non-hydrogen) atoms. The molecule has 0 aliphatic carbocycles. The highest BCUT2D eigenvalue weighted by atomic mass is 15.4. The largest absolute Gasteiger partial charge is 0.368 e. The summed E-state index contributed by atoms with van der Waals surface area (Å²) in [6.07, 6.45) is 1.77. The van der Waals surface area contributed by atoms with Crippen LogP contribution in [-0.2, 0) is 0 Å². The van der Waals surface area contributed by atoms with Gasteiger partial charge in [0.1, 0.15) is 0 Å². The van der Waals surface area contributed by atoms with E-state index in [9.17, 15) is 0 Å². The predicted octanol–water partition coefficient (Wildman–Crippen LogP) is 3.66. The first-order valence-electron chi connectivity index (χ1n) is 9.83. The van der Waals surface area contributed by atoms with Gasteiger partial charge >= 0.3 is 0 Å². The van der Waals surface area contributed by atoms with Crippen molar-refractivity contribution in [2.45, 2.75) is 13.8 Å². The second kappa shape index (κ2) is 8.25. The van der Waals surface area contributed by atoms with Crippen molar-refractivity contribution in [1.29, 1.82) is 0 Å². The van der Waals surface area contributed by atoms with Crippen LogP contribution in [0.2, 0.25) is 0 Å². The number of hydrogen-bond donors (Lipinski definition) is 0. The van der Waals surface area contributed by atoms with Crippen molar-refractivity contribution < 1.29 is 0 Å². The van der Waals surface area contributed by atoms with Crippen LogP contribution in [0.15, 0.2) is 60.8 Å². The van der Waals surface area contributed by atoms with Gasteiger partial charge in [-0.3, -0.25) is 0 Å². The highest BCUT2D eigenvalue weighted by Crippen LogP contribution is 2.24. The maximum absolute atomic E-state index is 4.82. The molecule has 0 radical (unpaired) electrons. The van der Waals surface area contributed by atoms with E-state index in [4.69, 9.17) is 4.98 Å². The summed E-state index contributed by atoms with van der Waals surface area (Å²) in [5.74, 6) is 1.54. The van der Waals surface area contributed by atoms with Crippen molar-refractivity contribution in [3.63, 3.8) is 0 Å². The van der Waals surface area contributed by atoms with Crippen LogP contribution in [0, 0.1) is 6.92 Å². The van der Waals surface area contributed by atoms with Crippen molar-refractivity contribution >= 4 is 23.1 Å². The summed E-state index contributed by atoms with van der Waals surface area (Å²) in [5.41, 5.74) is 3.67. The summed E-state index contributed by atoms with van der Waals surface area (Å²) in [6, 6.07) is 18.9. The fourth-order valence-corrected chi connectivity index (χ4v) is 3.62. The van der Waals surface area contributed by atoms with E-state index < -0.39 is 0 Å². The van der Waals surface area contributed by atoms with Gasteiger partial charge in [-0.15, -0.1) is 5.10 Å². The molecule has 2 heterocycles. The Morgan fingerprint density at radius 2 is 1.68 bits per heavy atom. The summed E-state index contributed by atoms with van der Waals surface area (Å²) >= 11 is 0. The first-order valence-corrected chi connectivity index (χ1v) is 9.83. The maximum atomic E-state index is 4.82. The molecule has 1 saturated heterocycles. The molecule has 0 amide bonds. The lowest BCUT2D eigenvalue weighted by molar-refractivity contribution is 0.643. The smallest absolute Gasteiger partial charge is 0.251 e. The maximum Gasteiger partial charge on any atom is 0.251 e. The zero-order chi connectivity index (χ0) is 19.3. The minimum atomic E-state index is 0.646. The Hall–Kier alpha value is -3.15. The lowest BCUT2D eigenvalue weighted by Gasteiger charge is -2.36. The van der Waals surface area contributed by atoms with Gasteiger partial charge in [-0.2, -0.15) is 10.1 Å². The van der Waals surface area contributed by atoms with Gasteiger partial charge in [0.15, 0.2) is 5.82 Å². The van der Waals surface area contributed by atoms with Crippen molar-refractivity contribution in [1.82, 2.24) is 15.2 Å². The molecular formula is C22H26N6. The van der Waals surface area contributed by atoms with Gasteiger partial charge in [0.05, 0.1) is 6.20 Å². The molecule has 1 aliphatic heterocycles. The molecule has 2 aromatic carbocycles. The minimum Gasteiger partial charge on any atom is -0.368 e. The number of piperazine rings is 1. The van der Waals surface area contributed by atoms with E-state index in [0.717, 1.165) is 44.2 Å². The standard InChI is InChI=1S/C22H26N6/c1-3-28(19-9-5-4-6-10-19)22-24-21(17-23-25-22)27-14-12-26(13-15-27)20-11-7-8-18(2)16-20/h4-11,16-17H,3,12-15H2,1-2H3. The van der Waals surface area contributed by atoms with Crippen LogP contribution in [0.1, 0.15) is 12.5 Å². The lowest BCUT2D eigenvalue weighted by atomic mass is 10.2. The molecular weight excluding hydrogens is 348 g/mol. The number of hydrogen-bond acceptors (Lipinski definition) is 6. The van der Waals surface area contributed by atoms with E-state index in [-0.39, 0.29) is 0 Å². The molecule has 0 unspecified atom stereocenters. The number of benzene rings is 2.